The van der Waals surface area contributed by atoms with E-state index in [0.29, 0.717) is 0 Å². The van der Waals surface area contributed by atoms with Gasteiger partial charge in [0, 0.05) is 19.5 Å². The molecule has 0 aromatic heterocycles. The molecule has 0 amide bonds. The van der Waals surface area contributed by atoms with Gasteiger partial charge in [0.05, 0.1) is 4.90 Å². The minimum Gasteiger partial charge on any atom is -0.282 e. The van der Waals surface area contributed by atoms with Crippen molar-refractivity contribution >= 4 is 10.1 Å². The molecule has 0 fully saturated rings. The first kappa shape index (κ1) is 11.8. The molecule has 0 aliphatic rings. The molecule has 0 saturated heterocycles. The molecule has 1 N–H and O–H groups in total. The van der Waals surface area contributed by atoms with E-state index in [1.165, 1.54) is 12.1 Å². The molecule has 68 valence electrons. The first-order valence-corrected chi connectivity index (χ1v) is 4.48. The second kappa shape index (κ2) is 4.12. The van der Waals surface area contributed by atoms with Crippen LogP contribution >= 0.6 is 0 Å². The maximum Gasteiger partial charge on any atom is 0.294 e. The smallest absolute Gasteiger partial charge is 0.282 e. The fourth-order valence-electron chi connectivity index (χ4n) is 0.710. The third kappa shape index (κ3) is 3.01. The van der Waals surface area contributed by atoms with Gasteiger partial charge in [-0.3, -0.25) is 4.55 Å². The summed E-state index contributed by atoms with van der Waals surface area (Å²) in [6.45, 7) is 1.84. The van der Waals surface area contributed by atoms with Gasteiger partial charge in [-0.15, -0.1) is 0 Å². The van der Waals surface area contributed by atoms with Crippen molar-refractivity contribution in [2.45, 2.75) is 11.8 Å². The maximum atomic E-state index is 10.5. The van der Waals surface area contributed by atoms with Crippen LogP contribution in [-0.4, -0.2) is 13.0 Å². The summed E-state index contributed by atoms with van der Waals surface area (Å²) in [5.74, 6) is 0. The Morgan fingerprint density at radius 2 is 1.58 bits per heavy atom. The monoisotopic (exact) mass is 274 g/mol. The van der Waals surface area contributed by atoms with Gasteiger partial charge in [-0.25, -0.2) is 0 Å². The molecule has 0 aliphatic carbocycles. The van der Waals surface area contributed by atoms with E-state index >= 15 is 0 Å². The van der Waals surface area contributed by atoms with Crippen LogP contribution in [0, 0.1) is 6.92 Å². The number of benzene rings is 1. The molecular weight excluding hydrogens is 265 g/mol. The summed E-state index contributed by atoms with van der Waals surface area (Å²) >= 11 is 0. The summed E-state index contributed by atoms with van der Waals surface area (Å²) in [6, 6.07) is 5.99. The predicted octanol–water partition coefficient (Wildman–Crippen LogP) is 1.24. The summed E-state index contributed by atoms with van der Waals surface area (Å²) in [4.78, 5) is -0.0666. The molecule has 3 nitrogen and oxygen atoms in total. The van der Waals surface area contributed by atoms with Gasteiger partial charge in [0.2, 0.25) is 0 Å². The minimum absolute atomic E-state index is 0. The molecule has 0 unspecified atom stereocenters. The largest absolute Gasteiger partial charge is 0.294 e. The van der Waals surface area contributed by atoms with Gasteiger partial charge < -0.3 is 0 Å². The standard InChI is InChI=1S/C7H8O3S.Ru/c1-6-2-4-7(5-3-6)11(8,9)10;/h2-5H,1H3,(H,8,9,10);. The second-order valence-corrected chi connectivity index (χ2v) is 3.71. The van der Waals surface area contributed by atoms with Gasteiger partial charge in [0.25, 0.3) is 10.1 Å². The molecule has 1 aromatic carbocycles. The van der Waals surface area contributed by atoms with Crippen LogP contribution < -0.4 is 0 Å². The van der Waals surface area contributed by atoms with Gasteiger partial charge in [-0.2, -0.15) is 8.42 Å². The third-order valence-electron chi connectivity index (χ3n) is 1.32. The fourth-order valence-corrected chi connectivity index (χ4v) is 1.19. The van der Waals surface area contributed by atoms with Crippen LogP contribution in [0.25, 0.3) is 0 Å². The van der Waals surface area contributed by atoms with Crippen LogP contribution in [0.1, 0.15) is 5.56 Å². The Bertz CT molecular complexity index is 341. The Kier molecular flexibility index (Phi) is 4.04. The van der Waals surface area contributed by atoms with Crippen molar-refractivity contribution in [3.63, 3.8) is 0 Å². The zero-order chi connectivity index (χ0) is 8.48. The molecule has 0 radical (unpaired) electrons. The Morgan fingerprint density at radius 3 is 1.92 bits per heavy atom. The Balaban J connectivity index is 0.00000121. The van der Waals surface area contributed by atoms with Crippen LogP contribution in [0.5, 0.6) is 0 Å². The van der Waals surface area contributed by atoms with Crippen LogP contribution in [0.2, 0.25) is 0 Å². The molecule has 1 aromatic rings. The topological polar surface area (TPSA) is 54.4 Å². The average Bonchev–Trinajstić information content (AvgIpc) is 1.86. The molecule has 0 aliphatic heterocycles. The molecule has 0 spiro atoms. The zero-order valence-corrected chi connectivity index (χ0v) is 8.89. The van der Waals surface area contributed by atoms with Crippen molar-refractivity contribution in [2.24, 2.45) is 0 Å². The molecule has 0 atom stereocenters. The normalized spacial score (nSPS) is 10.5. The third-order valence-corrected chi connectivity index (χ3v) is 2.19. The maximum absolute atomic E-state index is 10.5. The van der Waals surface area contributed by atoms with Crippen molar-refractivity contribution in [2.75, 3.05) is 0 Å². The average molecular weight is 273 g/mol. The number of hydrogen-bond donors (Lipinski definition) is 1. The van der Waals surface area contributed by atoms with Crippen molar-refractivity contribution in [1.82, 2.24) is 0 Å². The Labute approximate surface area is 84.3 Å². The van der Waals surface area contributed by atoms with E-state index < -0.39 is 10.1 Å². The number of aryl methyl sites for hydroxylation is 1. The molecule has 0 bridgehead atoms. The number of rotatable bonds is 1. The van der Waals surface area contributed by atoms with Gasteiger partial charge in [0.1, 0.15) is 0 Å². The molecule has 12 heavy (non-hydrogen) atoms. The van der Waals surface area contributed by atoms with Gasteiger partial charge in [-0.05, 0) is 19.1 Å². The molecular formula is C7H8O3RuS. The minimum atomic E-state index is -4.02. The van der Waals surface area contributed by atoms with Crippen molar-refractivity contribution in [3.05, 3.63) is 29.8 Å². The number of hydrogen-bond acceptors (Lipinski definition) is 2. The van der Waals surface area contributed by atoms with Crippen LogP contribution in [0.3, 0.4) is 0 Å². The zero-order valence-electron chi connectivity index (χ0n) is 6.33. The van der Waals surface area contributed by atoms with E-state index in [4.69, 9.17) is 4.55 Å². The molecule has 1 rings (SSSR count). The van der Waals surface area contributed by atoms with E-state index in [1.54, 1.807) is 12.1 Å². The molecule has 0 heterocycles. The van der Waals surface area contributed by atoms with Crippen LogP contribution in [0.4, 0.5) is 0 Å². The van der Waals surface area contributed by atoms with Crippen molar-refractivity contribution in [3.8, 4) is 0 Å². The summed E-state index contributed by atoms with van der Waals surface area (Å²) in [5, 5.41) is 0. The van der Waals surface area contributed by atoms with Crippen molar-refractivity contribution < 1.29 is 32.4 Å². The predicted molar refractivity (Wildman–Crippen MR) is 41.0 cm³/mol. The SMILES string of the molecule is Cc1ccc(S(=O)(=O)O)cc1.[Ru]. The van der Waals surface area contributed by atoms with E-state index in [0.717, 1.165) is 5.56 Å². The van der Waals surface area contributed by atoms with Crippen molar-refractivity contribution in [1.29, 1.82) is 0 Å². The van der Waals surface area contributed by atoms with E-state index in [-0.39, 0.29) is 24.4 Å². The van der Waals surface area contributed by atoms with Gasteiger partial charge in [0.15, 0.2) is 0 Å². The Hall–Kier alpha value is -0.247. The van der Waals surface area contributed by atoms with Crippen LogP contribution in [-0.2, 0) is 29.6 Å². The van der Waals surface area contributed by atoms with Crippen LogP contribution in [0.15, 0.2) is 29.2 Å². The first-order chi connectivity index (χ1) is 5.00. The van der Waals surface area contributed by atoms with E-state index in [1.807, 2.05) is 6.92 Å². The quantitative estimate of drug-likeness (QED) is 0.618. The van der Waals surface area contributed by atoms with Gasteiger partial charge in [-0.1, -0.05) is 17.7 Å². The van der Waals surface area contributed by atoms with E-state index in [2.05, 4.69) is 0 Å². The fraction of sp³-hybridized carbons (Fsp3) is 0.143. The first-order valence-electron chi connectivity index (χ1n) is 3.04. The second-order valence-electron chi connectivity index (χ2n) is 2.29. The molecule has 5 heteroatoms. The van der Waals surface area contributed by atoms with Gasteiger partial charge >= 0.3 is 0 Å². The summed E-state index contributed by atoms with van der Waals surface area (Å²) in [6.07, 6.45) is 0. The molecule has 0 saturated carbocycles. The summed E-state index contributed by atoms with van der Waals surface area (Å²) < 4.78 is 29.6. The Morgan fingerprint density at radius 1 is 1.17 bits per heavy atom. The summed E-state index contributed by atoms with van der Waals surface area (Å²) in [7, 11) is -4.02. The van der Waals surface area contributed by atoms with E-state index in [9.17, 15) is 8.42 Å². The summed E-state index contributed by atoms with van der Waals surface area (Å²) in [5.41, 5.74) is 0.956.